The summed E-state index contributed by atoms with van der Waals surface area (Å²) < 4.78 is 8.96. The molecule has 0 amide bonds. The normalized spacial score (nSPS) is 18.3. The van der Waals surface area contributed by atoms with Crippen LogP contribution in [0, 0.1) is 0 Å². The minimum absolute atomic E-state index is 0.0363. The lowest BCUT2D eigenvalue weighted by molar-refractivity contribution is -0.0394. The van der Waals surface area contributed by atoms with E-state index in [9.17, 15) is 9.90 Å². The SMILES string of the molecule is O=C(O)c1cnn2ccc(-c3cnn(C4CCCCO4)c3)nc12. The zero-order chi connectivity index (χ0) is 15.8. The van der Waals surface area contributed by atoms with Gasteiger partial charge in [0.15, 0.2) is 5.65 Å². The number of fused-ring (bicyclic) bond motifs is 1. The fourth-order valence-electron chi connectivity index (χ4n) is 2.74. The van der Waals surface area contributed by atoms with Gasteiger partial charge >= 0.3 is 5.97 Å². The topological polar surface area (TPSA) is 94.5 Å². The molecule has 1 atom stereocenters. The van der Waals surface area contributed by atoms with Gasteiger partial charge < -0.3 is 9.84 Å². The third-order valence-corrected chi connectivity index (χ3v) is 3.95. The van der Waals surface area contributed by atoms with E-state index in [1.54, 1.807) is 23.1 Å². The van der Waals surface area contributed by atoms with Crippen LogP contribution in [0.15, 0.2) is 30.9 Å². The lowest BCUT2D eigenvalue weighted by Gasteiger charge is -2.22. The van der Waals surface area contributed by atoms with Gasteiger partial charge in [-0.15, -0.1) is 0 Å². The molecular weight excluding hydrogens is 298 g/mol. The molecule has 23 heavy (non-hydrogen) atoms. The van der Waals surface area contributed by atoms with Crippen LogP contribution in [0.25, 0.3) is 16.9 Å². The number of rotatable bonds is 3. The summed E-state index contributed by atoms with van der Waals surface area (Å²) in [5.74, 6) is -1.05. The molecule has 1 fully saturated rings. The monoisotopic (exact) mass is 313 g/mol. The van der Waals surface area contributed by atoms with E-state index in [4.69, 9.17) is 4.74 Å². The second-order valence-corrected chi connectivity index (χ2v) is 5.47. The Morgan fingerprint density at radius 1 is 1.30 bits per heavy atom. The summed E-state index contributed by atoms with van der Waals surface area (Å²) in [6.07, 6.45) is 9.71. The molecule has 3 aromatic rings. The fourth-order valence-corrected chi connectivity index (χ4v) is 2.74. The summed E-state index contributed by atoms with van der Waals surface area (Å²) in [7, 11) is 0. The van der Waals surface area contributed by atoms with Gasteiger partial charge in [-0.3, -0.25) is 0 Å². The number of hydrogen-bond donors (Lipinski definition) is 1. The molecule has 1 aliphatic heterocycles. The Balaban J connectivity index is 1.70. The van der Waals surface area contributed by atoms with Crippen LogP contribution in [0.3, 0.4) is 0 Å². The molecule has 0 radical (unpaired) electrons. The summed E-state index contributed by atoms with van der Waals surface area (Å²) >= 11 is 0. The highest BCUT2D eigenvalue weighted by Gasteiger charge is 2.18. The van der Waals surface area contributed by atoms with Crippen molar-refractivity contribution in [1.29, 1.82) is 0 Å². The Kier molecular flexibility index (Phi) is 3.30. The highest BCUT2D eigenvalue weighted by atomic mass is 16.5. The average molecular weight is 313 g/mol. The molecule has 4 rings (SSSR count). The quantitative estimate of drug-likeness (QED) is 0.794. The van der Waals surface area contributed by atoms with Gasteiger partial charge in [-0.2, -0.15) is 10.2 Å². The lowest BCUT2D eigenvalue weighted by atomic mass is 10.2. The molecule has 8 nitrogen and oxygen atoms in total. The van der Waals surface area contributed by atoms with Crippen molar-refractivity contribution in [3.8, 4) is 11.3 Å². The lowest BCUT2D eigenvalue weighted by Crippen LogP contribution is -2.18. The Hall–Kier alpha value is -2.74. The molecule has 0 saturated carbocycles. The Labute approximate surface area is 131 Å². The number of carboxylic acid groups (broad SMARTS) is 1. The molecule has 8 heteroatoms. The summed E-state index contributed by atoms with van der Waals surface area (Å²) in [5.41, 5.74) is 1.87. The molecule has 1 aliphatic rings. The zero-order valence-corrected chi connectivity index (χ0v) is 12.3. The van der Waals surface area contributed by atoms with Crippen LogP contribution in [0.4, 0.5) is 0 Å². The van der Waals surface area contributed by atoms with Gasteiger partial charge in [0.25, 0.3) is 0 Å². The first kappa shape index (κ1) is 13.9. The van der Waals surface area contributed by atoms with Gasteiger partial charge in [0.2, 0.25) is 0 Å². The van der Waals surface area contributed by atoms with Gasteiger partial charge in [-0.1, -0.05) is 0 Å². The fraction of sp³-hybridized carbons (Fsp3) is 0.333. The van der Waals surface area contributed by atoms with E-state index in [1.165, 1.54) is 10.7 Å². The maximum Gasteiger partial charge on any atom is 0.341 e. The first-order chi connectivity index (χ1) is 11.2. The summed E-state index contributed by atoms with van der Waals surface area (Å²) in [5, 5.41) is 17.5. The first-order valence-electron chi connectivity index (χ1n) is 7.46. The number of hydrogen-bond acceptors (Lipinski definition) is 5. The molecule has 3 aromatic heterocycles. The van der Waals surface area contributed by atoms with Crippen molar-refractivity contribution < 1.29 is 14.6 Å². The van der Waals surface area contributed by atoms with Gasteiger partial charge in [0, 0.05) is 24.6 Å². The number of ether oxygens (including phenoxy) is 1. The molecule has 0 aliphatic carbocycles. The Morgan fingerprint density at radius 2 is 2.22 bits per heavy atom. The third-order valence-electron chi connectivity index (χ3n) is 3.95. The molecule has 0 bridgehead atoms. The number of aromatic carboxylic acids is 1. The van der Waals surface area contributed by atoms with Crippen molar-refractivity contribution in [2.45, 2.75) is 25.5 Å². The smallest absolute Gasteiger partial charge is 0.341 e. The third kappa shape index (κ3) is 2.46. The second kappa shape index (κ2) is 5.47. The molecule has 1 unspecified atom stereocenters. The summed E-state index contributed by atoms with van der Waals surface area (Å²) in [6, 6.07) is 1.79. The van der Waals surface area contributed by atoms with E-state index in [2.05, 4.69) is 15.2 Å². The van der Waals surface area contributed by atoms with Crippen LogP contribution in [0.2, 0.25) is 0 Å². The van der Waals surface area contributed by atoms with E-state index < -0.39 is 5.97 Å². The van der Waals surface area contributed by atoms with Crippen molar-refractivity contribution in [2.24, 2.45) is 0 Å². The zero-order valence-electron chi connectivity index (χ0n) is 12.3. The largest absolute Gasteiger partial charge is 0.477 e. The predicted molar refractivity (Wildman–Crippen MR) is 80.0 cm³/mol. The van der Waals surface area contributed by atoms with Crippen LogP contribution in [0.1, 0.15) is 35.8 Å². The van der Waals surface area contributed by atoms with E-state index >= 15 is 0 Å². The van der Waals surface area contributed by atoms with E-state index in [1.807, 2.05) is 6.20 Å². The van der Waals surface area contributed by atoms with Crippen molar-refractivity contribution >= 4 is 11.6 Å². The maximum absolute atomic E-state index is 11.2. The van der Waals surface area contributed by atoms with Gasteiger partial charge in [0.1, 0.15) is 11.8 Å². The first-order valence-corrected chi connectivity index (χ1v) is 7.46. The van der Waals surface area contributed by atoms with Crippen molar-refractivity contribution in [3.05, 3.63) is 36.4 Å². The van der Waals surface area contributed by atoms with Crippen LogP contribution >= 0.6 is 0 Å². The van der Waals surface area contributed by atoms with Crippen LogP contribution in [-0.4, -0.2) is 42.1 Å². The van der Waals surface area contributed by atoms with Gasteiger partial charge in [-0.25, -0.2) is 19.0 Å². The maximum atomic E-state index is 11.2. The minimum Gasteiger partial charge on any atom is -0.477 e. The molecule has 118 valence electrons. The average Bonchev–Trinajstić information content (AvgIpc) is 3.22. The van der Waals surface area contributed by atoms with Crippen LogP contribution in [0.5, 0.6) is 0 Å². The molecular formula is C15H15N5O3. The minimum atomic E-state index is -1.05. The van der Waals surface area contributed by atoms with Crippen LogP contribution < -0.4 is 0 Å². The molecule has 0 spiro atoms. The molecule has 1 N–H and O–H groups in total. The number of aromatic nitrogens is 5. The molecule has 4 heterocycles. The van der Waals surface area contributed by atoms with E-state index in [0.29, 0.717) is 11.3 Å². The highest BCUT2D eigenvalue weighted by Crippen LogP contribution is 2.25. The Morgan fingerprint density at radius 3 is 3.00 bits per heavy atom. The highest BCUT2D eigenvalue weighted by molar-refractivity contribution is 5.94. The number of carbonyl (C=O) groups is 1. The van der Waals surface area contributed by atoms with E-state index in [0.717, 1.165) is 31.4 Å². The van der Waals surface area contributed by atoms with E-state index in [-0.39, 0.29) is 11.8 Å². The molecule has 1 saturated heterocycles. The Bertz CT molecular complexity index is 863. The van der Waals surface area contributed by atoms with Crippen molar-refractivity contribution in [3.63, 3.8) is 0 Å². The molecule has 0 aromatic carbocycles. The standard InChI is InChI=1S/C15H15N5O3/c21-15(22)11-8-17-19-5-4-12(18-14(11)19)10-7-16-20(9-10)13-3-1-2-6-23-13/h4-5,7-9,13H,1-3,6H2,(H,21,22). The van der Waals surface area contributed by atoms with Gasteiger partial charge in [0.05, 0.1) is 18.1 Å². The summed E-state index contributed by atoms with van der Waals surface area (Å²) in [4.78, 5) is 15.6. The number of carboxylic acids is 1. The predicted octanol–water partition coefficient (Wildman–Crippen LogP) is 1.99. The van der Waals surface area contributed by atoms with Crippen molar-refractivity contribution in [2.75, 3.05) is 6.61 Å². The van der Waals surface area contributed by atoms with Gasteiger partial charge in [-0.05, 0) is 25.3 Å². The van der Waals surface area contributed by atoms with Crippen LogP contribution in [-0.2, 0) is 4.74 Å². The summed E-state index contributed by atoms with van der Waals surface area (Å²) in [6.45, 7) is 0.752. The second-order valence-electron chi connectivity index (χ2n) is 5.47. The number of nitrogens with zero attached hydrogens (tertiary/aromatic N) is 5. The van der Waals surface area contributed by atoms with Crippen molar-refractivity contribution in [1.82, 2.24) is 24.4 Å².